The van der Waals surface area contributed by atoms with E-state index in [1.165, 1.54) is 0 Å². The molecular weight excluding hydrogens is 268 g/mol. The number of esters is 2. The zero-order valence-corrected chi connectivity index (χ0v) is 13.3. The average Bonchev–Trinajstić information content (AvgIpc) is 2.48. The van der Waals surface area contributed by atoms with Crippen molar-refractivity contribution in [2.24, 2.45) is 17.3 Å². The van der Waals surface area contributed by atoms with Crippen molar-refractivity contribution in [1.29, 1.82) is 0 Å². The van der Waals surface area contributed by atoms with Gasteiger partial charge >= 0.3 is 11.9 Å². The summed E-state index contributed by atoms with van der Waals surface area (Å²) in [6, 6.07) is 0. The second kappa shape index (κ2) is 8.01. The van der Waals surface area contributed by atoms with Gasteiger partial charge in [-0.25, -0.2) is 0 Å². The summed E-state index contributed by atoms with van der Waals surface area (Å²) in [5, 5.41) is 0. The molecule has 0 bridgehead atoms. The molecule has 1 saturated carbocycles. The summed E-state index contributed by atoms with van der Waals surface area (Å²) in [7, 11) is 0. The van der Waals surface area contributed by atoms with Crippen LogP contribution in [0.1, 0.15) is 40.0 Å². The maximum absolute atomic E-state index is 12.4. The van der Waals surface area contributed by atoms with Gasteiger partial charge in [-0.1, -0.05) is 18.2 Å². The molecule has 0 amide bonds. The van der Waals surface area contributed by atoms with Crippen LogP contribution >= 0.6 is 0 Å². The van der Waals surface area contributed by atoms with Gasteiger partial charge in [0, 0.05) is 0 Å². The average molecular weight is 294 g/mol. The largest absolute Gasteiger partial charge is 0.465 e. The standard InChI is InChI=1S/C17H26O4/c1-5-9-14-10-11-17(12-13(14)6-2,15(18)20-7-3)16(19)21-8-4/h5-6,9,13-14H,2,7-8,10-12H2,1,3-4H3/b9-5+/t13-,14-/m1/s1. The van der Waals surface area contributed by atoms with E-state index in [0.29, 0.717) is 18.8 Å². The normalized spacial score (nSPS) is 24.5. The zero-order valence-electron chi connectivity index (χ0n) is 13.3. The van der Waals surface area contributed by atoms with Crippen LogP contribution in [0.4, 0.5) is 0 Å². The molecule has 21 heavy (non-hydrogen) atoms. The van der Waals surface area contributed by atoms with Gasteiger partial charge in [0.2, 0.25) is 0 Å². The molecular formula is C17H26O4. The number of hydrogen-bond donors (Lipinski definition) is 0. The highest BCUT2D eigenvalue weighted by Crippen LogP contribution is 2.45. The van der Waals surface area contributed by atoms with Crippen molar-refractivity contribution in [2.75, 3.05) is 13.2 Å². The molecule has 0 aromatic carbocycles. The molecule has 4 heteroatoms. The molecule has 0 spiro atoms. The lowest BCUT2D eigenvalue weighted by molar-refractivity contribution is -0.176. The molecule has 0 aliphatic heterocycles. The van der Waals surface area contributed by atoms with Crippen LogP contribution in [0.3, 0.4) is 0 Å². The Morgan fingerprint density at radius 2 is 1.76 bits per heavy atom. The summed E-state index contributed by atoms with van der Waals surface area (Å²) in [4.78, 5) is 24.8. The van der Waals surface area contributed by atoms with Gasteiger partial charge in [0.1, 0.15) is 0 Å². The van der Waals surface area contributed by atoms with Crippen molar-refractivity contribution in [3.8, 4) is 0 Å². The Morgan fingerprint density at radius 3 is 2.19 bits per heavy atom. The Bertz CT molecular complexity index is 393. The first kappa shape index (κ1) is 17.5. The van der Waals surface area contributed by atoms with Crippen LogP contribution in [0.5, 0.6) is 0 Å². The molecule has 2 atom stereocenters. The highest BCUT2D eigenvalue weighted by molar-refractivity contribution is 6.00. The minimum atomic E-state index is -1.18. The van der Waals surface area contributed by atoms with Crippen LogP contribution in [0.25, 0.3) is 0 Å². The van der Waals surface area contributed by atoms with Gasteiger partial charge in [-0.15, -0.1) is 6.58 Å². The number of allylic oxidation sites excluding steroid dienone is 3. The van der Waals surface area contributed by atoms with Crippen molar-refractivity contribution < 1.29 is 19.1 Å². The third-order valence-corrected chi connectivity index (χ3v) is 4.11. The summed E-state index contributed by atoms with van der Waals surface area (Å²) < 4.78 is 10.3. The predicted octanol–water partition coefficient (Wildman–Crippen LogP) is 3.28. The fourth-order valence-corrected chi connectivity index (χ4v) is 3.02. The number of rotatable bonds is 6. The van der Waals surface area contributed by atoms with Gasteiger partial charge in [-0.05, 0) is 51.9 Å². The molecule has 1 fully saturated rings. The fourth-order valence-electron chi connectivity index (χ4n) is 3.02. The molecule has 1 aliphatic rings. The lowest BCUT2D eigenvalue weighted by atomic mass is 9.65. The summed E-state index contributed by atoms with van der Waals surface area (Å²) in [6.45, 7) is 9.83. The second-order valence-electron chi connectivity index (χ2n) is 5.36. The molecule has 0 aromatic heterocycles. The molecule has 0 aromatic rings. The molecule has 4 nitrogen and oxygen atoms in total. The minimum absolute atomic E-state index is 0.0729. The third kappa shape index (κ3) is 3.74. The van der Waals surface area contributed by atoms with E-state index >= 15 is 0 Å². The lowest BCUT2D eigenvalue weighted by Gasteiger charge is -2.39. The first-order valence-corrected chi connectivity index (χ1v) is 7.65. The Kier molecular flexibility index (Phi) is 6.66. The summed E-state index contributed by atoms with van der Waals surface area (Å²) in [5.74, 6) is -0.545. The SMILES string of the molecule is C=C[C@@H]1CC(C(=O)OCC)(C(=O)OCC)CC[C@H]1/C=C/C. The van der Waals surface area contributed by atoms with Crippen molar-refractivity contribution in [2.45, 2.75) is 40.0 Å². The van der Waals surface area contributed by atoms with Gasteiger partial charge in [0.15, 0.2) is 5.41 Å². The van der Waals surface area contributed by atoms with Crippen LogP contribution in [-0.2, 0) is 19.1 Å². The monoisotopic (exact) mass is 294 g/mol. The predicted molar refractivity (Wildman–Crippen MR) is 81.5 cm³/mol. The molecule has 118 valence electrons. The van der Waals surface area contributed by atoms with Crippen LogP contribution in [0.2, 0.25) is 0 Å². The van der Waals surface area contributed by atoms with Gasteiger partial charge in [-0.2, -0.15) is 0 Å². The first-order valence-electron chi connectivity index (χ1n) is 7.65. The lowest BCUT2D eigenvalue weighted by Crippen LogP contribution is -2.47. The van der Waals surface area contributed by atoms with Gasteiger partial charge in [0.25, 0.3) is 0 Å². The van der Waals surface area contributed by atoms with Crippen LogP contribution < -0.4 is 0 Å². The van der Waals surface area contributed by atoms with E-state index in [2.05, 4.69) is 12.7 Å². The molecule has 1 rings (SSSR count). The van der Waals surface area contributed by atoms with E-state index in [1.807, 2.05) is 19.1 Å². The van der Waals surface area contributed by atoms with Gasteiger partial charge in [-0.3, -0.25) is 9.59 Å². The van der Waals surface area contributed by atoms with E-state index in [4.69, 9.17) is 9.47 Å². The molecule has 0 N–H and O–H groups in total. The van der Waals surface area contributed by atoms with Crippen molar-refractivity contribution in [3.63, 3.8) is 0 Å². The van der Waals surface area contributed by atoms with Crippen LogP contribution in [0.15, 0.2) is 24.8 Å². The minimum Gasteiger partial charge on any atom is -0.465 e. The molecule has 0 radical (unpaired) electrons. The Labute approximate surface area is 127 Å². The van der Waals surface area contributed by atoms with E-state index < -0.39 is 17.4 Å². The summed E-state index contributed by atoms with van der Waals surface area (Å²) >= 11 is 0. The molecule has 0 unspecified atom stereocenters. The van der Waals surface area contributed by atoms with Crippen molar-refractivity contribution in [1.82, 2.24) is 0 Å². The second-order valence-corrected chi connectivity index (χ2v) is 5.36. The maximum atomic E-state index is 12.4. The van der Waals surface area contributed by atoms with Gasteiger partial charge in [0.05, 0.1) is 13.2 Å². The zero-order chi connectivity index (χ0) is 15.9. The topological polar surface area (TPSA) is 52.6 Å². The Morgan fingerprint density at radius 1 is 1.19 bits per heavy atom. The number of carbonyl (C=O) groups excluding carboxylic acids is 2. The molecule has 0 saturated heterocycles. The maximum Gasteiger partial charge on any atom is 0.323 e. The van der Waals surface area contributed by atoms with Gasteiger partial charge < -0.3 is 9.47 Å². The smallest absolute Gasteiger partial charge is 0.323 e. The van der Waals surface area contributed by atoms with E-state index in [0.717, 1.165) is 6.42 Å². The van der Waals surface area contributed by atoms with Crippen LogP contribution in [-0.4, -0.2) is 25.2 Å². The van der Waals surface area contributed by atoms with Crippen molar-refractivity contribution >= 4 is 11.9 Å². The third-order valence-electron chi connectivity index (χ3n) is 4.11. The number of carbonyl (C=O) groups is 2. The fraction of sp³-hybridized carbons (Fsp3) is 0.647. The quantitative estimate of drug-likeness (QED) is 0.428. The molecule has 0 heterocycles. The Balaban J connectivity index is 3.06. The van der Waals surface area contributed by atoms with E-state index in [9.17, 15) is 9.59 Å². The Hall–Kier alpha value is -1.58. The van der Waals surface area contributed by atoms with Crippen molar-refractivity contribution in [3.05, 3.63) is 24.8 Å². The molecule has 1 aliphatic carbocycles. The highest BCUT2D eigenvalue weighted by atomic mass is 16.6. The highest BCUT2D eigenvalue weighted by Gasteiger charge is 2.52. The van der Waals surface area contributed by atoms with E-state index in [1.54, 1.807) is 13.8 Å². The van der Waals surface area contributed by atoms with E-state index in [-0.39, 0.29) is 19.1 Å². The first-order chi connectivity index (χ1) is 10.1. The number of hydrogen-bond acceptors (Lipinski definition) is 4. The van der Waals surface area contributed by atoms with Crippen LogP contribution in [0, 0.1) is 17.3 Å². The summed E-state index contributed by atoms with van der Waals surface area (Å²) in [5.41, 5.74) is -1.18. The number of ether oxygens (including phenoxy) is 2. The summed E-state index contributed by atoms with van der Waals surface area (Å²) in [6.07, 6.45) is 7.57.